The normalized spacial score (nSPS) is 15.1. The first-order chi connectivity index (χ1) is 14.1. The first-order valence-corrected chi connectivity index (χ1v) is 9.48. The number of rotatable bonds is 8. The van der Waals surface area contributed by atoms with Gasteiger partial charge in [0.05, 0.1) is 13.2 Å². The first kappa shape index (κ1) is 24.0. The molecule has 9 heteroatoms. The minimum Gasteiger partial charge on any atom is -0.490 e. The van der Waals surface area contributed by atoms with Crippen molar-refractivity contribution < 1.29 is 23.0 Å². The Hall–Kier alpha value is -2.30. The molecule has 0 saturated heterocycles. The molecular formula is C21H26F2IN3O3. The molecule has 1 heterocycles. The van der Waals surface area contributed by atoms with Gasteiger partial charge in [0, 0.05) is 20.0 Å². The Bertz CT molecular complexity index is 827. The van der Waals surface area contributed by atoms with Crippen LogP contribution in [0.15, 0.2) is 47.5 Å². The number of hydrogen-bond donors (Lipinski definition) is 2. The van der Waals surface area contributed by atoms with E-state index < -0.39 is 6.61 Å². The highest BCUT2D eigenvalue weighted by atomic mass is 127. The van der Waals surface area contributed by atoms with E-state index in [-0.39, 0.29) is 41.6 Å². The maximum Gasteiger partial charge on any atom is 0.387 e. The quantitative estimate of drug-likeness (QED) is 0.306. The minimum absolute atomic E-state index is 0. The van der Waals surface area contributed by atoms with Crippen LogP contribution < -0.4 is 24.8 Å². The smallest absolute Gasteiger partial charge is 0.387 e. The lowest BCUT2D eigenvalue weighted by molar-refractivity contribution is -0.0514. The summed E-state index contributed by atoms with van der Waals surface area (Å²) in [6, 6.07) is 12.9. The zero-order valence-corrected chi connectivity index (χ0v) is 19.2. The van der Waals surface area contributed by atoms with Gasteiger partial charge in [-0.25, -0.2) is 0 Å². The van der Waals surface area contributed by atoms with Crippen LogP contribution in [0.3, 0.4) is 0 Å². The molecule has 0 aliphatic carbocycles. The number of nitrogens with one attached hydrogen (secondary N) is 2. The second-order valence-corrected chi connectivity index (χ2v) is 6.45. The van der Waals surface area contributed by atoms with Crippen molar-refractivity contribution in [3.05, 3.63) is 53.6 Å². The Morgan fingerprint density at radius 3 is 2.70 bits per heavy atom. The fourth-order valence-corrected chi connectivity index (χ4v) is 3.11. The number of benzene rings is 2. The molecule has 0 aromatic heterocycles. The van der Waals surface area contributed by atoms with Crippen molar-refractivity contribution >= 4 is 29.9 Å². The molecule has 1 aliphatic rings. The van der Waals surface area contributed by atoms with E-state index in [9.17, 15) is 8.78 Å². The third-order valence-electron chi connectivity index (χ3n) is 4.42. The number of ether oxygens (including phenoxy) is 3. The van der Waals surface area contributed by atoms with E-state index in [0.29, 0.717) is 25.7 Å². The summed E-state index contributed by atoms with van der Waals surface area (Å²) in [6.45, 7) is 0.292. The van der Waals surface area contributed by atoms with Crippen LogP contribution >= 0.6 is 24.0 Å². The molecule has 0 radical (unpaired) electrons. The molecule has 2 aromatic carbocycles. The van der Waals surface area contributed by atoms with Gasteiger partial charge in [-0.1, -0.05) is 24.3 Å². The number of fused-ring (bicyclic) bond motifs is 1. The Morgan fingerprint density at radius 2 is 2.00 bits per heavy atom. The molecule has 0 amide bonds. The third kappa shape index (κ3) is 6.61. The lowest BCUT2D eigenvalue weighted by Crippen LogP contribution is -2.41. The van der Waals surface area contributed by atoms with Crippen molar-refractivity contribution in [2.24, 2.45) is 4.99 Å². The van der Waals surface area contributed by atoms with Crippen molar-refractivity contribution in [3.63, 3.8) is 0 Å². The topological polar surface area (TPSA) is 64.1 Å². The summed E-state index contributed by atoms with van der Waals surface area (Å²) in [4.78, 5) is 4.21. The van der Waals surface area contributed by atoms with Gasteiger partial charge in [-0.2, -0.15) is 8.78 Å². The van der Waals surface area contributed by atoms with Crippen molar-refractivity contribution in [3.8, 4) is 17.2 Å². The second-order valence-electron chi connectivity index (χ2n) is 6.45. The predicted octanol–water partition coefficient (Wildman–Crippen LogP) is 3.97. The van der Waals surface area contributed by atoms with E-state index in [1.165, 1.54) is 11.6 Å². The lowest BCUT2D eigenvalue weighted by Gasteiger charge is -2.16. The Kier molecular flexibility index (Phi) is 9.41. The number of para-hydroxylation sites is 1. The Morgan fingerprint density at radius 1 is 1.20 bits per heavy atom. The molecule has 164 valence electrons. The van der Waals surface area contributed by atoms with Gasteiger partial charge >= 0.3 is 6.61 Å². The Labute approximate surface area is 192 Å². The summed E-state index contributed by atoms with van der Waals surface area (Å²) in [6.07, 6.45) is 0.894. The maximum atomic E-state index is 12.5. The molecule has 0 bridgehead atoms. The number of guanidine groups is 1. The summed E-state index contributed by atoms with van der Waals surface area (Å²) in [5.41, 5.74) is 2.05. The average Bonchev–Trinajstić information content (AvgIpc) is 3.12. The first-order valence-electron chi connectivity index (χ1n) is 9.48. The van der Waals surface area contributed by atoms with Crippen LogP contribution in [0.2, 0.25) is 0 Å². The van der Waals surface area contributed by atoms with Crippen LogP contribution in [0.4, 0.5) is 8.78 Å². The highest BCUT2D eigenvalue weighted by Gasteiger charge is 2.22. The largest absolute Gasteiger partial charge is 0.490 e. The average molecular weight is 533 g/mol. The van der Waals surface area contributed by atoms with Gasteiger partial charge in [0.15, 0.2) is 17.5 Å². The molecule has 1 atom stereocenters. The van der Waals surface area contributed by atoms with Crippen LogP contribution in [0.5, 0.6) is 17.2 Å². The van der Waals surface area contributed by atoms with Crippen LogP contribution in [0.1, 0.15) is 18.1 Å². The standard InChI is InChI=1S/C21H25F2N3O3.HI/c1-3-27-19-10-14(8-9-18(19)29-20(22)23)12-25-21(24-2)26-13-16-11-15-6-4-5-7-17(15)28-16;/h4-10,16,20H,3,11-13H2,1-2H3,(H2,24,25,26);1H. The molecule has 0 fully saturated rings. The molecule has 6 nitrogen and oxygen atoms in total. The van der Waals surface area contributed by atoms with Gasteiger partial charge in [-0.15, -0.1) is 24.0 Å². The van der Waals surface area contributed by atoms with Crippen molar-refractivity contribution in [1.29, 1.82) is 0 Å². The lowest BCUT2D eigenvalue weighted by atomic mass is 10.1. The van der Waals surface area contributed by atoms with E-state index in [2.05, 4.69) is 26.4 Å². The van der Waals surface area contributed by atoms with Crippen molar-refractivity contribution in [1.82, 2.24) is 10.6 Å². The number of alkyl halides is 2. The van der Waals surface area contributed by atoms with E-state index in [1.807, 2.05) is 18.2 Å². The molecule has 2 aromatic rings. The van der Waals surface area contributed by atoms with E-state index >= 15 is 0 Å². The molecule has 0 saturated carbocycles. The van der Waals surface area contributed by atoms with Crippen LogP contribution in [0.25, 0.3) is 0 Å². The zero-order valence-electron chi connectivity index (χ0n) is 16.9. The van der Waals surface area contributed by atoms with Gasteiger partial charge < -0.3 is 24.8 Å². The van der Waals surface area contributed by atoms with Crippen molar-refractivity contribution in [2.45, 2.75) is 32.6 Å². The molecular weight excluding hydrogens is 507 g/mol. The minimum atomic E-state index is -2.90. The molecule has 3 rings (SSSR count). The number of nitrogens with zero attached hydrogens (tertiary/aromatic N) is 1. The summed E-state index contributed by atoms with van der Waals surface area (Å²) in [5, 5.41) is 6.45. The zero-order chi connectivity index (χ0) is 20.6. The molecule has 2 N–H and O–H groups in total. The monoisotopic (exact) mass is 533 g/mol. The summed E-state index contributed by atoms with van der Waals surface area (Å²) in [7, 11) is 1.69. The molecule has 30 heavy (non-hydrogen) atoms. The van der Waals surface area contributed by atoms with E-state index in [4.69, 9.17) is 9.47 Å². The number of aliphatic imine (C=N–C) groups is 1. The molecule has 1 unspecified atom stereocenters. The number of halogens is 3. The molecule has 1 aliphatic heterocycles. The van der Waals surface area contributed by atoms with Gasteiger partial charge in [-0.05, 0) is 36.2 Å². The fraction of sp³-hybridized carbons (Fsp3) is 0.381. The Balaban J connectivity index is 0.00000320. The van der Waals surface area contributed by atoms with Crippen LogP contribution in [-0.2, 0) is 13.0 Å². The highest BCUT2D eigenvalue weighted by molar-refractivity contribution is 14.0. The van der Waals surface area contributed by atoms with Gasteiger partial charge in [0.2, 0.25) is 0 Å². The van der Waals surface area contributed by atoms with Crippen LogP contribution in [-0.4, -0.2) is 38.9 Å². The fourth-order valence-electron chi connectivity index (χ4n) is 3.11. The molecule has 0 spiro atoms. The maximum absolute atomic E-state index is 12.5. The third-order valence-corrected chi connectivity index (χ3v) is 4.42. The van der Waals surface area contributed by atoms with E-state index in [1.54, 1.807) is 26.1 Å². The second kappa shape index (κ2) is 11.8. The summed E-state index contributed by atoms with van der Waals surface area (Å²) in [5.74, 6) is 1.85. The van der Waals surface area contributed by atoms with Gasteiger partial charge in [0.25, 0.3) is 0 Å². The highest BCUT2D eigenvalue weighted by Crippen LogP contribution is 2.30. The number of hydrogen-bond acceptors (Lipinski definition) is 4. The van der Waals surface area contributed by atoms with Crippen molar-refractivity contribution in [2.75, 3.05) is 20.2 Å². The van der Waals surface area contributed by atoms with Gasteiger partial charge in [-0.3, -0.25) is 4.99 Å². The summed E-state index contributed by atoms with van der Waals surface area (Å²) < 4.78 is 40.9. The van der Waals surface area contributed by atoms with E-state index in [0.717, 1.165) is 17.7 Å². The van der Waals surface area contributed by atoms with Crippen LogP contribution in [0, 0.1) is 0 Å². The van der Waals surface area contributed by atoms with Gasteiger partial charge in [0.1, 0.15) is 11.9 Å². The summed E-state index contributed by atoms with van der Waals surface area (Å²) >= 11 is 0. The predicted molar refractivity (Wildman–Crippen MR) is 122 cm³/mol. The SMILES string of the molecule is CCOc1cc(CNC(=NC)NCC2Cc3ccccc3O2)ccc1OC(F)F.I.